The maximum atomic E-state index is 5.66. The first-order chi connectivity index (χ1) is 8.31. The standard InChI is InChI=1S/C14H24N2O/c1-16(13-6-4-2-3-5-7-13)11-12-8-9-17-14(12)10-15/h8-9,13H,2-7,10-11,15H2,1H3. The lowest BCUT2D eigenvalue weighted by Gasteiger charge is -2.26. The van der Waals surface area contributed by atoms with E-state index in [1.165, 1.54) is 44.1 Å². The molecule has 2 rings (SSSR count). The molecule has 17 heavy (non-hydrogen) atoms. The van der Waals surface area contributed by atoms with Crippen molar-refractivity contribution in [2.45, 2.75) is 57.7 Å². The van der Waals surface area contributed by atoms with E-state index >= 15 is 0 Å². The summed E-state index contributed by atoms with van der Waals surface area (Å²) in [6.07, 6.45) is 10.00. The summed E-state index contributed by atoms with van der Waals surface area (Å²) in [7, 11) is 2.23. The third kappa shape index (κ3) is 3.33. The minimum Gasteiger partial charge on any atom is -0.468 e. The molecule has 1 aliphatic rings. The molecule has 0 saturated heterocycles. The summed E-state index contributed by atoms with van der Waals surface area (Å²) in [6.45, 7) is 1.47. The third-order valence-electron chi connectivity index (χ3n) is 3.89. The fraction of sp³-hybridized carbons (Fsp3) is 0.714. The van der Waals surface area contributed by atoms with Gasteiger partial charge in [0.1, 0.15) is 5.76 Å². The van der Waals surface area contributed by atoms with Crippen molar-refractivity contribution < 1.29 is 4.42 Å². The number of furan rings is 1. The van der Waals surface area contributed by atoms with Gasteiger partial charge in [-0.15, -0.1) is 0 Å². The van der Waals surface area contributed by atoms with E-state index in [2.05, 4.69) is 18.0 Å². The summed E-state index contributed by atoms with van der Waals surface area (Å²) in [6, 6.07) is 2.79. The summed E-state index contributed by atoms with van der Waals surface area (Å²) in [5, 5.41) is 0. The average molecular weight is 236 g/mol. The molecule has 0 atom stereocenters. The highest BCUT2D eigenvalue weighted by molar-refractivity contribution is 5.16. The van der Waals surface area contributed by atoms with Crippen LogP contribution in [0.4, 0.5) is 0 Å². The van der Waals surface area contributed by atoms with Gasteiger partial charge < -0.3 is 10.2 Å². The van der Waals surface area contributed by atoms with Crippen molar-refractivity contribution in [2.75, 3.05) is 7.05 Å². The van der Waals surface area contributed by atoms with Crippen LogP contribution in [-0.4, -0.2) is 18.0 Å². The lowest BCUT2D eigenvalue weighted by molar-refractivity contribution is 0.211. The molecule has 96 valence electrons. The first kappa shape index (κ1) is 12.7. The zero-order valence-electron chi connectivity index (χ0n) is 10.8. The molecule has 0 aromatic carbocycles. The van der Waals surface area contributed by atoms with Gasteiger partial charge in [-0.05, 0) is 26.0 Å². The maximum Gasteiger partial charge on any atom is 0.121 e. The SMILES string of the molecule is CN(Cc1ccoc1CN)C1CCCCCC1. The van der Waals surface area contributed by atoms with Crippen molar-refractivity contribution in [2.24, 2.45) is 5.73 Å². The normalized spacial score (nSPS) is 18.5. The molecular weight excluding hydrogens is 212 g/mol. The Morgan fingerprint density at radius 2 is 2.00 bits per heavy atom. The van der Waals surface area contributed by atoms with Gasteiger partial charge >= 0.3 is 0 Å². The van der Waals surface area contributed by atoms with E-state index in [0.717, 1.165) is 18.3 Å². The Morgan fingerprint density at radius 1 is 1.29 bits per heavy atom. The van der Waals surface area contributed by atoms with Gasteiger partial charge in [0.15, 0.2) is 0 Å². The number of rotatable bonds is 4. The van der Waals surface area contributed by atoms with Crippen LogP contribution in [0, 0.1) is 0 Å². The summed E-state index contributed by atoms with van der Waals surface area (Å²) in [5.74, 6) is 0.936. The van der Waals surface area contributed by atoms with Crippen molar-refractivity contribution in [3.63, 3.8) is 0 Å². The van der Waals surface area contributed by atoms with Crippen LogP contribution in [0.15, 0.2) is 16.7 Å². The van der Waals surface area contributed by atoms with E-state index in [-0.39, 0.29) is 0 Å². The van der Waals surface area contributed by atoms with Crippen LogP contribution in [-0.2, 0) is 13.1 Å². The van der Waals surface area contributed by atoms with Crippen LogP contribution in [0.25, 0.3) is 0 Å². The Balaban J connectivity index is 1.93. The van der Waals surface area contributed by atoms with Gasteiger partial charge in [0.25, 0.3) is 0 Å². The van der Waals surface area contributed by atoms with Crippen molar-refractivity contribution >= 4 is 0 Å². The van der Waals surface area contributed by atoms with Gasteiger partial charge in [-0.3, -0.25) is 4.90 Å². The van der Waals surface area contributed by atoms with Gasteiger partial charge in [-0.25, -0.2) is 0 Å². The van der Waals surface area contributed by atoms with Crippen LogP contribution in [0.3, 0.4) is 0 Å². The fourth-order valence-corrected chi connectivity index (χ4v) is 2.78. The first-order valence-corrected chi connectivity index (χ1v) is 6.77. The Morgan fingerprint density at radius 3 is 2.65 bits per heavy atom. The molecule has 1 aliphatic carbocycles. The Bertz CT molecular complexity index is 327. The van der Waals surface area contributed by atoms with Gasteiger partial charge in [0.2, 0.25) is 0 Å². The molecule has 0 bridgehead atoms. The highest BCUT2D eigenvalue weighted by Gasteiger charge is 2.18. The predicted octanol–water partition coefficient (Wildman–Crippen LogP) is 2.89. The van der Waals surface area contributed by atoms with E-state index in [0.29, 0.717) is 6.54 Å². The van der Waals surface area contributed by atoms with E-state index in [9.17, 15) is 0 Å². The van der Waals surface area contributed by atoms with Gasteiger partial charge in [-0.2, -0.15) is 0 Å². The molecule has 0 unspecified atom stereocenters. The minimum absolute atomic E-state index is 0.501. The maximum absolute atomic E-state index is 5.66. The average Bonchev–Trinajstić information content (AvgIpc) is 2.62. The zero-order chi connectivity index (χ0) is 12.1. The third-order valence-corrected chi connectivity index (χ3v) is 3.89. The van der Waals surface area contributed by atoms with Gasteiger partial charge in [0, 0.05) is 18.2 Å². The topological polar surface area (TPSA) is 42.4 Å². The molecule has 0 aliphatic heterocycles. The summed E-state index contributed by atoms with van der Waals surface area (Å²) in [4.78, 5) is 2.47. The molecule has 0 amide bonds. The second kappa shape index (κ2) is 6.22. The Hall–Kier alpha value is -0.800. The van der Waals surface area contributed by atoms with E-state index in [4.69, 9.17) is 10.2 Å². The molecule has 0 spiro atoms. The Kier molecular flexibility index (Phi) is 4.63. The first-order valence-electron chi connectivity index (χ1n) is 6.77. The van der Waals surface area contributed by atoms with E-state index in [1.54, 1.807) is 6.26 Å². The minimum atomic E-state index is 0.501. The molecule has 1 fully saturated rings. The number of nitrogens with two attached hydrogens (primary N) is 1. The van der Waals surface area contributed by atoms with Gasteiger partial charge in [-0.1, -0.05) is 25.7 Å². The van der Waals surface area contributed by atoms with Crippen molar-refractivity contribution in [1.82, 2.24) is 4.90 Å². The summed E-state index contributed by atoms with van der Waals surface area (Å²) >= 11 is 0. The van der Waals surface area contributed by atoms with Gasteiger partial charge in [0.05, 0.1) is 12.8 Å². The molecule has 3 heteroatoms. The number of hydrogen-bond donors (Lipinski definition) is 1. The van der Waals surface area contributed by atoms with Crippen molar-refractivity contribution in [1.29, 1.82) is 0 Å². The molecule has 1 aromatic heterocycles. The Labute approximate surface area is 104 Å². The van der Waals surface area contributed by atoms with Crippen LogP contribution in [0.2, 0.25) is 0 Å². The molecular formula is C14H24N2O. The van der Waals surface area contributed by atoms with Crippen LogP contribution < -0.4 is 5.73 Å². The molecule has 1 saturated carbocycles. The van der Waals surface area contributed by atoms with Crippen LogP contribution >= 0.6 is 0 Å². The highest BCUT2D eigenvalue weighted by Crippen LogP contribution is 2.23. The lowest BCUT2D eigenvalue weighted by Crippen LogP contribution is -2.30. The van der Waals surface area contributed by atoms with Crippen molar-refractivity contribution in [3.8, 4) is 0 Å². The molecule has 3 nitrogen and oxygen atoms in total. The second-order valence-corrected chi connectivity index (χ2v) is 5.13. The number of hydrogen-bond acceptors (Lipinski definition) is 3. The predicted molar refractivity (Wildman–Crippen MR) is 69.6 cm³/mol. The highest BCUT2D eigenvalue weighted by atomic mass is 16.3. The van der Waals surface area contributed by atoms with Crippen LogP contribution in [0.1, 0.15) is 49.8 Å². The quantitative estimate of drug-likeness (QED) is 0.817. The fourth-order valence-electron chi connectivity index (χ4n) is 2.78. The molecule has 1 aromatic rings. The summed E-state index contributed by atoms with van der Waals surface area (Å²) in [5.41, 5.74) is 6.91. The lowest BCUT2D eigenvalue weighted by atomic mass is 10.1. The summed E-state index contributed by atoms with van der Waals surface area (Å²) < 4.78 is 5.38. The van der Waals surface area contributed by atoms with E-state index in [1.807, 2.05) is 0 Å². The molecule has 0 radical (unpaired) electrons. The number of nitrogens with zero attached hydrogens (tertiary/aromatic N) is 1. The van der Waals surface area contributed by atoms with E-state index < -0.39 is 0 Å². The second-order valence-electron chi connectivity index (χ2n) is 5.13. The van der Waals surface area contributed by atoms with Crippen LogP contribution in [0.5, 0.6) is 0 Å². The smallest absolute Gasteiger partial charge is 0.121 e. The molecule has 2 N–H and O–H groups in total. The monoisotopic (exact) mass is 236 g/mol. The van der Waals surface area contributed by atoms with Crippen molar-refractivity contribution in [3.05, 3.63) is 23.7 Å². The molecule has 1 heterocycles. The zero-order valence-corrected chi connectivity index (χ0v) is 10.8. The largest absolute Gasteiger partial charge is 0.468 e.